The van der Waals surface area contributed by atoms with E-state index in [0.29, 0.717) is 6.42 Å². The molecule has 0 N–H and O–H groups in total. The monoisotopic (exact) mass is 315 g/mol. The Labute approximate surface area is 121 Å². The van der Waals surface area contributed by atoms with Crippen LogP contribution in [0.4, 0.5) is 0 Å². The number of para-hydroxylation sites is 1. The van der Waals surface area contributed by atoms with Crippen molar-refractivity contribution >= 4 is 15.9 Å². The van der Waals surface area contributed by atoms with Crippen molar-refractivity contribution in [2.24, 2.45) is 0 Å². The molecule has 0 aromatic heterocycles. The number of ether oxygens (including phenoxy) is 1. The lowest BCUT2D eigenvalue weighted by Crippen LogP contribution is -2.02. The Hall–Kier alpha value is -1.79. The summed E-state index contributed by atoms with van der Waals surface area (Å²) >= 11 is 3.40. The highest BCUT2D eigenvalue weighted by molar-refractivity contribution is 9.10. The first-order valence-corrected chi connectivity index (χ1v) is 6.81. The zero-order valence-corrected chi connectivity index (χ0v) is 12.2. The highest BCUT2D eigenvalue weighted by Crippen LogP contribution is 2.26. The molecular formula is C16H14BrNO. The van der Waals surface area contributed by atoms with Gasteiger partial charge in [0.1, 0.15) is 5.75 Å². The molecule has 2 nitrogen and oxygen atoms in total. The van der Waals surface area contributed by atoms with Gasteiger partial charge in [0.15, 0.2) is 0 Å². The molecule has 2 aromatic carbocycles. The van der Waals surface area contributed by atoms with Crippen molar-refractivity contribution in [3.05, 3.63) is 64.1 Å². The van der Waals surface area contributed by atoms with Gasteiger partial charge in [0.25, 0.3) is 0 Å². The molecule has 0 aliphatic carbocycles. The van der Waals surface area contributed by atoms with Crippen LogP contribution < -0.4 is 4.74 Å². The van der Waals surface area contributed by atoms with Crippen molar-refractivity contribution in [3.8, 4) is 11.8 Å². The number of hydrogen-bond donors (Lipinski definition) is 0. The molecule has 3 heteroatoms. The van der Waals surface area contributed by atoms with Crippen LogP contribution in [0.25, 0.3) is 0 Å². The second-order valence-corrected chi connectivity index (χ2v) is 5.16. The molecule has 0 heterocycles. The number of rotatable bonds is 4. The van der Waals surface area contributed by atoms with E-state index in [9.17, 15) is 5.26 Å². The van der Waals surface area contributed by atoms with Crippen molar-refractivity contribution in [2.75, 3.05) is 7.11 Å². The minimum Gasteiger partial charge on any atom is -0.496 e. The highest BCUT2D eigenvalue weighted by Gasteiger charge is 2.13. The van der Waals surface area contributed by atoms with Gasteiger partial charge < -0.3 is 4.74 Å². The fourth-order valence-electron chi connectivity index (χ4n) is 2.02. The topological polar surface area (TPSA) is 33.0 Å². The maximum absolute atomic E-state index is 9.37. The van der Waals surface area contributed by atoms with E-state index in [4.69, 9.17) is 4.74 Å². The van der Waals surface area contributed by atoms with Gasteiger partial charge in [0.2, 0.25) is 0 Å². The molecular weight excluding hydrogens is 302 g/mol. The van der Waals surface area contributed by atoms with Crippen LogP contribution in [-0.4, -0.2) is 7.11 Å². The quantitative estimate of drug-likeness (QED) is 0.842. The third-order valence-electron chi connectivity index (χ3n) is 3.04. The SMILES string of the molecule is COc1ccccc1CC(C#N)c1ccc(Br)cc1. The second-order valence-electron chi connectivity index (χ2n) is 4.25. The fraction of sp³-hybridized carbons (Fsp3) is 0.188. The molecule has 0 spiro atoms. The van der Waals surface area contributed by atoms with E-state index < -0.39 is 0 Å². The van der Waals surface area contributed by atoms with Gasteiger partial charge in [-0.3, -0.25) is 0 Å². The lowest BCUT2D eigenvalue weighted by atomic mass is 9.93. The number of benzene rings is 2. The third kappa shape index (κ3) is 3.36. The Morgan fingerprint density at radius 3 is 2.47 bits per heavy atom. The van der Waals surface area contributed by atoms with Crippen molar-refractivity contribution in [3.63, 3.8) is 0 Å². The van der Waals surface area contributed by atoms with Crippen LogP contribution in [0.15, 0.2) is 53.0 Å². The van der Waals surface area contributed by atoms with E-state index in [-0.39, 0.29) is 5.92 Å². The van der Waals surface area contributed by atoms with Crippen molar-refractivity contribution in [1.82, 2.24) is 0 Å². The van der Waals surface area contributed by atoms with Crippen molar-refractivity contribution in [1.29, 1.82) is 5.26 Å². The minimum absolute atomic E-state index is 0.163. The predicted octanol–water partition coefficient (Wildman–Crippen LogP) is 4.31. The fourth-order valence-corrected chi connectivity index (χ4v) is 2.29. The first kappa shape index (κ1) is 13.6. The summed E-state index contributed by atoms with van der Waals surface area (Å²) in [5.41, 5.74) is 2.08. The summed E-state index contributed by atoms with van der Waals surface area (Å²) in [6.45, 7) is 0. The molecule has 1 unspecified atom stereocenters. The number of methoxy groups -OCH3 is 1. The van der Waals surface area contributed by atoms with Crippen LogP contribution in [-0.2, 0) is 6.42 Å². The Morgan fingerprint density at radius 1 is 1.16 bits per heavy atom. The van der Waals surface area contributed by atoms with E-state index in [1.807, 2.05) is 48.5 Å². The zero-order chi connectivity index (χ0) is 13.7. The minimum atomic E-state index is -0.163. The Kier molecular flexibility index (Phi) is 4.59. The van der Waals surface area contributed by atoms with Gasteiger partial charge in [-0.2, -0.15) is 5.26 Å². The number of nitriles is 1. The molecule has 0 saturated heterocycles. The molecule has 0 radical (unpaired) electrons. The van der Waals surface area contributed by atoms with Gasteiger partial charge in [0, 0.05) is 4.47 Å². The van der Waals surface area contributed by atoms with Gasteiger partial charge in [0.05, 0.1) is 19.1 Å². The molecule has 1 atom stereocenters. The van der Waals surface area contributed by atoms with Crippen LogP contribution in [0, 0.1) is 11.3 Å². The molecule has 0 aliphatic rings. The molecule has 0 bridgehead atoms. The van der Waals surface area contributed by atoms with Crippen molar-refractivity contribution in [2.45, 2.75) is 12.3 Å². The summed E-state index contributed by atoms with van der Waals surface area (Å²) in [7, 11) is 1.65. The molecule has 0 aliphatic heterocycles. The summed E-state index contributed by atoms with van der Waals surface area (Å²) in [5.74, 6) is 0.671. The van der Waals surface area contributed by atoms with Crippen LogP contribution in [0.3, 0.4) is 0 Å². The Bertz CT molecular complexity index is 586. The molecule has 2 aromatic rings. The lowest BCUT2D eigenvalue weighted by Gasteiger charge is -2.12. The van der Waals surface area contributed by atoms with Crippen LogP contribution in [0.5, 0.6) is 5.75 Å². The maximum Gasteiger partial charge on any atom is 0.122 e. The van der Waals surface area contributed by atoms with E-state index in [0.717, 1.165) is 21.3 Å². The van der Waals surface area contributed by atoms with Gasteiger partial charge in [-0.1, -0.05) is 46.3 Å². The predicted molar refractivity (Wildman–Crippen MR) is 79.2 cm³/mol. The highest BCUT2D eigenvalue weighted by atomic mass is 79.9. The Morgan fingerprint density at radius 2 is 1.84 bits per heavy atom. The first-order chi connectivity index (χ1) is 9.24. The molecule has 2 rings (SSSR count). The first-order valence-electron chi connectivity index (χ1n) is 6.01. The summed E-state index contributed by atoms with van der Waals surface area (Å²) in [6, 6.07) is 18.1. The summed E-state index contributed by atoms with van der Waals surface area (Å²) < 4.78 is 6.35. The lowest BCUT2D eigenvalue weighted by molar-refractivity contribution is 0.409. The number of nitrogens with zero attached hydrogens (tertiary/aromatic N) is 1. The largest absolute Gasteiger partial charge is 0.496 e. The summed E-state index contributed by atoms with van der Waals surface area (Å²) in [6.07, 6.45) is 0.655. The van der Waals surface area contributed by atoms with Crippen LogP contribution in [0.1, 0.15) is 17.0 Å². The van der Waals surface area contributed by atoms with Crippen LogP contribution in [0.2, 0.25) is 0 Å². The summed E-state index contributed by atoms with van der Waals surface area (Å²) in [4.78, 5) is 0. The summed E-state index contributed by atoms with van der Waals surface area (Å²) in [5, 5.41) is 9.37. The zero-order valence-electron chi connectivity index (χ0n) is 10.6. The van der Waals surface area contributed by atoms with Crippen LogP contribution >= 0.6 is 15.9 Å². The standard InChI is InChI=1S/C16H14BrNO/c1-19-16-5-3-2-4-13(16)10-14(11-18)12-6-8-15(17)9-7-12/h2-9,14H,10H2,1H3. The smallest absolute Gasteiger partial charge is 0.122 e. The van der Waals surface area contributed by atoms with Gasteiger partial charge in [-0.05, 0) is 35.7 Å². The number of hydrogen-bond acceptors (Lipinski definition) is 2. The molecule has 19 heavy (non-hydrogen) atoms. The van der Waals surface area contributed by atoms with E-state index in [2.05, 4.69) is 22.0 Å². The van der Waals surface area contributed by atoms with Gasteiger partial charge in [-0.15, -0.1) is 0 Å². The molecule has 0 fully saturated rings. The maximum atomic E-state index is 9.37. The second kappa shape index (κ2) is 6.40. The van der Waals surface area contributed by atoms with E-state index >= 15 is 0 Å². The van der Waals surface area contributed by atoms with E-state index in [1.165, 1.54) is 0 Å². The molecule has 0 amide bonds. The Balaban J connectivity index is 2.24. The van der Waals surface area contributed by atoms with E-state index in [1.54, 1.807) is 7.11 Å². The van der Waals surface area contributed by atoms with Gasteiger partial charge in [-0.25, -0.2) is 0 Å². The average molecular weight is 316 g/mol. The third-order valence-corrected chi connectivity index (χ3v) is 3.57. The van der Waals surface area contributed by atoms with Gasteiger partial charge >= 0.3 is 0 Å². The molecule has 0 saturated carbocycles. The normalized spacial score (nSPS) is 11.6. The average Bonchev–Trinajstić information content (AvgIpc) is 2.46. The number of halogens is 1. The van der Waals surface area contributed by atoms with Crippen molar-refractivity contribution < 1.29 is 4.74 Å². The molecule has 96 valence electrons.